The van der Waals surface area contributed by atoms with Crippen LogP contribution < -0.4 is 14.2 Å². The standard InChI is InChI=1S/C35H27FN2O6.C24H21FN2O6/c1-2-42-27(39)21-43-32-26-14-9-19-37-30(26)33(44-31(23-10-5-3-6-11-23)24-12-7-4-8-13-24)29-28(32)34(40)38(35(29)41)20-22-15-17-25(36)18-16-22;1-24(2,3)33-16(28)12-32-21-15-5-4-10-26-19(15)20(29)17-18(21)23(31)27(22(17)30)11-13-6-8-14(25)9-7-13/h3-19,31H,2,20-21H2,1H3;4-10,29H,11-12H2,1-3H3. The van der Waals surface area contributed by atoms with Gasteiger partial charge in [0, 0.05) is 23.2 Å². The van der Waals surface area contributed by atoms with Crippen LogP contribution in [0.3, 0.4) is 0 Å². The number of phenols is 1. The van der Waals surface area contributed by atoms with Crippen molar-refractivity contribution < 1.29 is 66.3 Å². The van der Waals surface area contributed by atoms with Crippen LogP contribution in [0, 0.1) is 11.6 Å². The second kappa shape index (κ2) is 22.1. The number of nitrogens with zero attached hydrogens (tertiary/aromatic N) is 4. The highest BCUT2D eigenvalue weighted by molar-refractivity contribution is 6.28. The van der Waals surface area contributed by atoms with Crippen LogP contribution in [0.5, 0.6) is 23.0 Å². The lowest BCUT2D eigenvalue weighted by molar-refractivity contribution is -0.157. The SMILES string of the molecule is CC(C)(C)OC(=O)COc1c2c(c(O)c3ncccc13)C(=O)N(Cc1ccc(F)cc1)C2=O.CCOC(=O)COc1c2c(c(OC(c3ccccc3)c3ccccc3)c3ncccc13)C(=O)N(Cc1ccc(F)cc1)C2=O. The van der Waals surface area contributed by atoms with Crippen molar-refractivity contribution in [1.29, 1.82) is 0 Å². The van der Waals surface area contributed by atoms with E-state index in [4.69, 9.17) is 23.7 Å². The van der Waals surface area contributed by atoms with Crippen LogP contribution in [-0.2, 0) is 32.2 Å². The van der Waals surface area contributed by atoms with Crippen LogP contribution in [0.2, 0.25) is 0 Å². The Morgan fingerprint density at radius 2 is 0.987 bits per heavy atom. The Kier molecular flexibility index (Phi) is 15.0. The quantitative estimate of drug-likeness (QED) is 0.0751. The molecule has 390 valence electrons. The van der Waals surface area contributed by atoms with Crippen molar-refractivity contribution in [2.24, 2.45) is 0 Å². The van der Waals surface area contributed by atoms with E-state index >= 15 is 0 Å². The first kappa shape index (κ1) is 52.3. The smallest absolute Gasteiger partial charge is 0.344 e. The monoisotopic (exact) mass is 1040 g/mol. The van der Waals surface area contributed by atoms with E-state index in [2.05, 4.69) is 9.97 Å². The van der Waals surface area contributed by atoms with Gasteiger partial charge in [0.05, 0.1) is 30.8 Å². The molecule has 0 fully saturated rings. The van der Waals surface area contributed by atoms with Crippen LogP contribution in [0.1, 0.15) is 97.5 Å². The molecule has 4 amide bonds. The normalized spacial score (nSPS) is 12.9. The van der Waals surface area contributed by atoms with E-state index in [1.807, 2.05) is 60.7 Å². The number of carbonyl (C=O) groups excluding carboxylic acids is 6. The maximum atomic E-state index is 14.2. The molecular formula is C59H48F2N4O12. The Bertz CT molecular complexity index is 3550. The molecule has 0 aliphatic carbocycles. The molecule has 16 nitrogen and oxygen atoms in total. The highest BCUT2D eigenvalue weighted by Gasteiger charge is 2.45. The molecule has 0 saturated carbocycles. The Morgan fingerprint density at radius 1 is 0.558 bits per heavy atom. The lowest BCUT2D eigenvalue weighted by Crippen LogP contribution is -2.29. The summed E-state index contributed by atoms with van der Waals surface area (Å²) in [6, 6.07) is 36.4. The van der Waals surface area contributed by atoms with Crippen LogP contribution in [0.25, 0.3) is 21.8 Å². The van der Waals surface area contributed by atoms with Gasteiger partial charge in [-0.3, -0.25) is 38.9 Å². The third-order valence-corrected chi connectivity index (χ3v) is 12.1. The van der Waals surface area contributed by atoms with Crippen LogP contribution in [0.15, 0.2) is 146 Å². The first-order valence-corrected chi connectivity index (χ1v) is 24.2. The molecule has 0 spiro atoms. The zero-order valence-corrected chi connectivity index (χ0v) is 42.0. The summed E-state index contributed by atoms with van der Waals surface area (Å²) in [5, 5.41) is 11.4. The minimum atomic E-state index is -0.744. The minimum absolute atomic E-state index is 0.0273. The van der Waals surface area contributed by atoms with Crippen molar-refractivity contribution >= 4 is 57.4 Å². The number of aromatic hydroxyl groups is 1. The summed E-state index contributed by atoms with van der Waals surface area (Å²) in [5.41, 5.74) is 1.81. The first-order valence-electron chi connectivity index (χ1n) is 24.2. The van der Waals surface area contributed by atoms with Gasteiger partial charge in [0.2, 0.25) is 0 Å². The number of aromatic nitrogens is 2. The topological polar surface area (TPSA) is 201 Å². The fourth-order valence-electron chi connectivity index (χ4n) is 8.84. The fraction of sp³-hybridized carbons (Fsp3) is 0.186. The van der Waals surface area contributed by atoms with Crippen molar-refractivity contribution in [3.05, 3.63) is 202 Å². The maximum absolute atomic E-state index is 14.2. The van der Waals surface area contributed by atoms with Gasteiger partial charge in [-0.05, 0) is 98.5 Å². The van der Waals surface area contributed by atoms with E-state index in [1.165, 1.54) is 54.7 Å². The summed E-state index contributed by atoms with van der Waals surface area (Å²) in [7, 11) is 0. The number of fused-ring (bicyclic) bond motifs is 4. The number of ether oxygens (including phenoxy) is 5. The van der Waals surface area contributed by atoms with E-state index in [0.717, 1.165) is 20.9 Å². The van der Waals surface area contributed by atoms with Crippen molar-refractivity contribution in [2.75, 3.05) is 19.8 Å². The van der Waals surface area contributed by atoms with Crippen molar-refractivity contribution in [3.8, 4) is 23.0 Å². The number of imide groups is 2. The largest absolute Gasteiger partial charge is 0.505 e. The van der Waals surface area contributed by atoms with Gasteiger partial charge in [0.25, 0.3) is 23.6 Å². The third kappa shape index (κ3) is 11.0. The van der Waals surface area contributed by atoms with Gasteiger partial charge in [-0.25, -0.2) is 18.4 Å². The summed E-state index contributed by atoms with van der Waals surface area (Å²) in [6.45, 7) is 5.69. The van der Waals surface area contributed by atoms with E-state index in [1.54, 1.807) is 58.2 Å². The number of rotatable bonds is 15. The molecule has 8 aromatic rings. The molecule has 2 aliphatic rings. The predicted molar refractivity (Wildman–Crippen MR) is 275 cm³/mol. The van der Waals surface area contributed by atoms with Gasteiger partial charge < -0.3 is 28.8 Å². The summed E-state index contributed by atoms with van der Waals surface area (Å²) in [4.78, 5) is 89.7. The van der Waals surface area contributed by atoms with E-state index in [0.29, 0.717) is 16.5 Å². The molecule has 6 aromatic carbocycles. The molecule has 18 heteroatoms. The van der Waals surface area contributed by atoms with Crippen molar-refractivity contribution in [3.63, 3.8) is 0 Å². The second-order valence-corrected chi connectivity index (χ2v) is 18.6. The van der Waals surface area contributed by atoms with Crippen molar-refractivity contribution in [1.82, 2.24) is 19.8 Å². The zero-order chi connectivity index (χ0) is 54.5. The lowest BCUT2D eigenvalue weighted by Gasteiger charge is -2.23. The molecule has 2 aromatic heterocycles. The molecule has 4 heterocycles. The Balaban J connectivity index is 0.000000196. The number of hydrogen-bond donors (Lipinski definition) is 1. The molecule has 10 rings (SSSR count). The number of hydrogen-bond acceptors (Lipinski definition) is 14. The van der Waals surface area contributed by atoms with Gasteiger partial charge in [0.1, 0.15) is 57.0 Å². The molecule has 1 N–H and O–H groups in total. The lowest BCUT2D eigenvalue weighted by atomic mass is 9.99. The van der Waals surface area contributed by atoms with Gasteiger partial charge in [-0.15, -0.1) is 0 Å². The number of carbonyl (C=O) groups is 6. The van der Waals surface area contributed by atoms with Gasteiger partial charge in [-0.2, -0.15) is 0 Å². The Labute approximate surface area is 439 Å². The minimum Gasteiger partial charge on any atom is -0.505 e. The number of esters is 2. The van der Waals surface area contributed by atoms with E-state index in [9.17, 15) is 42.7 Å². The molecule has 0 atom stereocenters. The van der Waals surface area contributed by atoms with Crippen LogP contribution in [0.4, 0.5) is 8.78 Å². The molecule has 2 aliphatic heterocycles. The molecular weight excluding hydrogens is 995 g/mol. The second-order valence-electron chi connectivity index (χ2n) is 18.6. The van der Waals surface area contributed by atoms with Gasteiger partial charge in [0.15, 0.2) is 24.7 Å². The molecule has 0 saturated heterocycles. The van der Waals surface area contributed by atoms with E-state index in [-0.39, 0.29) is 75.6 Å². The third-order valence-electron chi connectivity index (χ3n) is 12.1. The van der Waals surface area contributed by atoms with Crippen LogP contribution >= 0.6 is 0 Å². The summed E-state index contributed by atoms with van der Waals surface area (Å²) in [5.74, 6) is -5.27. The van der Waals surface area contributed by atoms with Crippen molar-refractivity contribution in [2.45, 2.75) is 52.5 Å². The number of pyridine rings is 2. The average Bonchev–Trinajstić information content (AvgIpc) is 4.01. The fourth-order valence-corrected chi connectivity index (χ4v) is 8.84. The first-order chi connectivity index (χ1) is 37.0. The maximum Gasteiger partial charge on any atom is 0.344 e. The Morgan fingerprint density at radius 3 is 1.47 bits per heavy atom. The summed E-state index contributed by atoms with van der Waals surface area (Å²) in [6.07, 6.45) is 2.31. The number of halogens is 2. The van der Waals surface area contributed by atoms with Crippen LogP contribution in [-0.4, -0.2) is 85.9 Å². The molecule has 77 heavy (non-hydrogen) atoms. The van der Waals surface area contributed by atoms with E-state index < -0.39 is 77.9 Å². The predicted octanol–water partition coefficient (Wildman–Crippen LogP) is 9.88. The highest BCUT2D eigenvalue weighted by atomic mass is 19.1. The zero-order valence-electron chi connectivity index (χ0n) is 42.0. The number of benzene rings is 6. The highest BCUT2D eigenvalue weighted by Crippen LogP contribution is 2.47. The average molecular weight is 1040 g/mol. The molecule has 0 radical (unpaired) electrons. The summed E-state index contributed by atoms with van der Waals surface area (Å²) >= 11 is 0. The van der Waals surface area contributed by atoms with Gasteiger partial charge in [-0.1, -0.05) is 84.9 Å². The number of phenolic OH excluding ortho intramolecular Hbond substituents is 1. The molecule has 0 unspecified atom stereocenters. The molecule has 0 bridgehead atoms. The summed E-state index contributed by atoms with van der Waals surface area (Å²) < 4.78 is 55.5. The number of amides is 4. The van der Waals surface area contributed by atoms with Gasteiger partial charge >= 0.3 is 11.9 Å². The Hall–Kier alpha value is -9.58.